The van der Waals surface area contributed by atoms with Crippen LogP contribution in [0, 0.1) is 0 Å². The van der Waals surface area contributed by atoms with Gasteiger partial charge in [0.25, 0.3) is 5.91 Å². The minimum atomic E-state index is -0.920. The summed E-state index contributed by atoms with van der Waals surface area (Å²) in [6.07, 6.45) is 3.28. The van der Waals surface area contributed by atoms with E-state index in [4.69, 9.17) is 14.2 Å². The lowest BCUT2D eigenvalue weighted by atomic mass is 9.96. The molecule has 33 heavy (non-hydrogen) atoms. The number of hydrogen-bond donors (Lipinski definition) is 1. The number of rotatable bonds is 6. The predicted octanol–water partition coefficient (Wildman–Crippen LogP) is 1.56. The lowest BCUT2D eigenvalue weighted by Gasteiger charge is -2.44. The van der Waals surface area contributed by atoms with Crippen LogP contribution < -0.4 is 10.1 Å². The van der Waals surface area contributed by atoms with Crippen LogP contribution in [-0.4, -0.2) is 85.3 Å². The first-order valence-corrected chi connectivity index (χ1v) is 11.8. The molecule has 0 radical (unpaired) electrons. The van der Waals surface area contributed by atoms with Crippen molar-refractivity contribution in [3.63, 3.8) is 0 Å². The molecular weight excluding hydrogens is 426 g/mol. The molecule has 0 aromatic heterocycles. The van der Waals surface area contributed by atoms with Crippen LogP contribution in [0.2, 0.25) is 0 Å². The minimum absolute atomic E-state index is 0.0102. The highest BCUT2D eigenvalue weighted by Crippen LogP contribution is 2.39. The summed E-state index contributed by atoms with van der Waals surface area (Å²) < 4.78 is 17.1. The van der Waals surface area contributed by atoms with E-state index in [1.54, 1.807) is 41.2 Å². The number of carbonyl (C=O) groups is 3. The highest BCUT2D eigenvalue weighted by Gasteiger charge is 2.54. The Kier molecular flexibility index (Phi) is 7.19. The number of nitrogens with zero attached hydrogens (tertiary/aromatic N) is 2. The molecule has 3 fully saturated rings. The fraction of sp³-hybridized carbons (Fsp3) is 0.625. The van der Waals surface area contributed by atoms with Crippen LogP contribution in [0.1, 0.15) is 49.4 Å². The monoisotopic (exact) mass is 459 g/mol. The van der Waals surface area contributed by atoms with Crippen LogP contribution in [0.15, 0.2) is 24.3 Å². The maximum Gasteiger partial charge on any atom is 0.257 e. The number of methoxy groups -OCH3 is 1. The van der Waals surface area contributed by atoms with Crippen molar-refractivity contribution in [3.8, 4) is 5.75 Å². The molecular formula is C24H33N3O6. The first-order valence-electron chi connectivity index (χ1n) is 11.8. The van der Waals surface area contributed by atoms with Gasteiger partial charge in [0.15, 0.2) is 0 Å². The van der Waals surface area contributed by atoms with Crippen LogP contribution in [0.5, 0.6) is 5.75 Å². The van der Waals surface area contributed by atoms with Gasteiger partial charge >= 0.3 is 0 Å². The van der Waals surface area contributed by atoms with E-state index in [0.29, 0.717) is 56.8 Å². The fourth-order valence-corrected chi connectivity index (χ4v) is 4.93. The van der Waals surface area contributed by atoms with Gasteiger partial charge in [0.2, 0.25) is 11.8 Å². The number of benzene rings is 1. The van der Waals surface area contributed by atoms with E-state index in [1.807, 2.05) is 6.92 Å². The molecule has 1 spiro atoms. The zero-order valence-electron chi connectivity index (χ0n) is 19.4. The molecule has 1 N–H and O–H groups in total. The van der Waals surface area contributed by atoms with Crippen molar-refractivity contribution in [2.24, 2.45) is 0 Å². The Hall–Kier alpha value is -2.65. The zero-order chi connectivity index (χ0) is 23.4. The third-order valence-electron chi connectivity index (χ3n) is 6.83. The fourth-order valence-electron chi connectivity index (χ4n) is 4.93. The number of piperidine rings is 1. The number of ether oxygens (including phenoxy) is 3. The molecule has 0 aliphatic carbocycles. The van der Waals surface area contributed by atoms with Gasteiger partial charge in [0, 0.05) is 51.1 Å². The molecule has 9 nitrogen and oxygen atoms in total. The lowest BCUT2D eigenvalue weighted by molar-refractivity contribution is -0.143. The van der Waals surface area contributed by atoms with E-state index in [2.05, 4.69) is 5.32 Å². The quantitative estimate of drug-likeness (QED) is 0.694. The van der Waals surface area contributed by atoms with Gasteiger partial charge in [-0.15, -0.1) is 0 Å². The van der Waals surface area contributed by atoms with Gasteiger partial charge in [-0.1, -0.05) is 13.0 Å². The second-order valence-electron chi connectivity index (χ2n) is 8.79. The second kappa shape index (κ2) is 10.1. The zero-order valence-corrected chi connectivity index (χ0v) is 19.4. The topological polar surface area (TPSA) is 97.4 Å². The van der Waals surface area contributed by atoms with Crippen molar-refractivity contribution < 1.29 is 28.6 Å². The third-order valence-corrected chi connectivity index (χ3v) is 6.83. The Balaban J connectivity index is 1.56. The Morgan fingerprint density at radius 3 is 2.70 bits per heavy atom. The standard InChI is InChI=1S/C24H33N3O6/c1-3-21(28)26-11-9-24(10-12-26)27(23(30)17-6-4-7-18(14-17)31-2)20(16-33-24)22(29)25-15-19-8-5-13-32-19/h4,6-7,14,19-20H,3,5,8-13,15-16H2,1-2H3,(H,25,29)/t19-,20+/m1/s1. The average Bonchev–Trinajstić information content (AvgIpc) is 3.50. The molecule has 3 aliphatic heterocycles. The van der Waals surface area contributed by atoms with Gasteiger partial charge in [0.05, 0.1) is 19.8 Å². The van der Waals surface area contributed by atoms with Crippen molar-refractivity contribution in [1.29, 1.82) is 0 Å². The lowest BCUT2D eigenvalue weighted by Crippen LogP contribution is -2.60. The van der Waals surface area contributed by atoms with Gasteiger partial charge in [0.1, 0.15) is 17.5 Å². The van der Waals surface area contributed by atoms with Crippen molar-refractivity contribution in [1.82, 2.24) is 15.1 Å². The van der Waals surface area contributed by atoms with Crippen LogP contribution in [0.4, 0.5) is 0 Å². The number of likely N-dealkylation sites (tertiary alicyclic amines) is 1. The van der Waals surface area contributed by atoms with Crippen molar-refractivity contribution in [2.45, 2.75) is 56.9 Å². The molecule has 3 aliphatic rings. The first-order chi connectivity index (χ1) is 16.0. The van der Waals surface area contributed by atoms with Gasteiger partial charge in [-0.05, 0) is 31.0 Å². The molecule has 3 amide bonds. The van der Waals surface area contributed by atoms with Crippen LogP contribution in [0.25, 0.3) is 0 Å². The summed E-state index contributed by atoms with van der Waals surface area (Å²) in [6.45, 7) is 4.06. The molecule has 180 valence electrons. The van der Waals surface area contributed by atoms with Crippen molar-refractivity contribution >= 4 is 17.7 Å². The first kappa shape index (κ1) is 23.5. The molecule has 3 saturated heterocycles. The van der Waals surface area contributed by atoms with Gasteiger partial charge in [-0.3, -0.25) is 19.3 Å². The summed E-state index contributed by atoms with van der Waals surface area (Å²) in [4.78, 5) is 42.5. The van der Waals surface area contributed by atoms with E-state index in [9.17, 15) is 14.4 Å². The maximum absolute atomic E-state index is 13.7. The summed E-state index contributed by atoms with van der Waals surface area (Å²) in [7, 11) is 1.55. The van der Waals surface area contributed by atoms with Crippen LogP contribution in [-0.2, 0) is 19.1 Å². The third kappa shape index (κ3) is 4.84. The Morgan fingerprint density at radius 2 is 2.03 bits per heavy atom. The number of nitrogens with one attached hydrogen (secondary N) is 1. The van der Waals surface area contributed by atoms with E-state index in [0.717, 1.165) is 12.8 Å². The summed E-state index contributed by atoms with van der Waals surface area (Å²) in [5, 5.41) is 2.96. The van der Waals surface area contributed by atoms with E-state index >= 15 is 0 Å². The summed E-state index contributed by atoms with van der Waals surface area (Å²) in [5.41, 5.74) is -0.487. The predicted molar refractivity (Wildman–Crippen MR) is 120 cm³/mol. The number of hydrogen-bond acceptors (Lipinski definition) is 6. The SMILES string of the molecule is CCC(=O)N1CCC2(CC1)OC[C@@H](C(=O)NC[C@H]1CCCO1)N2C(=O)c1cccc(OC)c1. The van der Waals surface area contributed by atoms with E-state index in [1.165, 1.54) is 0 Å². The van der Waals surface area contributed by atoms with E-state index < -0.39 is 11.8 Å². The van der Waals surface area contributed by atoms with Crippen LogP contribution >= 0.6 is 0 Å². The Labute approximate surface area is 194 Å². The molecule has 2 atom stereocenters. The molecule has 1 aromatic rings. The highest BCUT2D eigenvalue weighted by atomic mass is 16.5. The van der Waals surface area contributed by atoms with Gasteiger partial charge in [-0.25, -0.2) is 0 Å². The smallest absolute Gasteiger partial charge is 0.257 e. The highest BCUT2D eigenvalue weighted by molar-refractivity contribution is 5.98. The largest absolute Gasteiger partial charge is 0.497 e. The summed E-state index contributed by atoms with van der Waals surface area (Å²) >= 11 is 0. The Morgan fingerprint density at radius 1 is 1.24 bits per heavy atom. The second-order valence-corrected chi connectivity index (χ2v) is 8.79. The molecule has 0 unspecified atom stereocenters. The minimum Gasteiger partial charge on any atom is -0.497 e. The molecule has 1 aromatic carbocycles. The summed E-state index contributed by atoms with van der Waals surface area (Å²) in [6, 6.07) is 6.16. The number of amides is 3. The van der Waals surface area contributed by atoms with Crippen molar-refractivity contribution in [2.75, 3.05) is 40.0 Å². The number of carbonyl (C=O) groups excluding carboxylic acids is 3. The normalized spacial score (nSPS) is 24.2. The maximum atomic E-state index is 13.7. The molecule has 0 saturated carbocycles. The molecule has 4 rings (SSSR count). The van der Waals surface area contributed by atoms with E-state index in [-0.39, 0.29) is 30.4 Å². The van der Waals surface area contributed by atoms with Crippen molar-refractivity contribution in [3.05, 3.63) is 29.8 Å². The average molecular weight is 460 g/mol. The molecule has 3 heterocycles. The molecule has 9 heteroatoms. The summed E-state index contributed by atoms with van der Waals surface area (Å²) in [5.74, 6) is 0.127. The van der Waals surface area contributed by atoms with Crippen LogP contribution in [0.3, 0.4) is 0 Å². The van der Waals surface area contributed by atoms with Gasteiger partial charge in [-0.2, -0.15) is 0 Å². The van der Waals surface area contributed by atoms with Gasteiger partial charge < -0.3 is 24.4 Å². The Bertz CT molecular complexity index is 877. The molecule has 0 bridgehead atoms.